The molecule has 0 radical (unpaired) electrons. The Hall–Kier alpha value is -1.26. The fourth-order valence-corrected chi connectivity index (χ4v) is 3.74. The Labute approximate surface area is 139 Å². The highest BCUT2D eigenvalue weighted by Gasteiger charge is 2.29. The molecule has 23 heavy (non-hydrogen) atoms. The number of hydrogen-bond acceptors (Lipinski definition) is 2. The van der Waals surface area contributed by atoms with E-state index in [0.29, 0.717) is 12.8 Å². The lowest BCUT2D eigenvalue weighted by Gasteiger charge is -2.34. The quantitative estimate of drug-likeness (QED) is 0.813. The molecular weight excluding hydrogens is 292 g/mol. The van der Waals surface area contributed by atoms with Crippen molar-refractivity contribution in [2.45, 2.75) is 71.3 Å². The maximum absolute atomic E-state index is 12.4. The van der Waals surface area contributed by atoms with Gasteiger partial charge in [0.15, 0.2) is 0 Å². The third kappa shape index (κ3) is 5.70. The summed E-state index contributed by atoms with van der Waals surface area (Å²) in [6.45, 7) is 6.25. The number of carbonyl (C=O) groups is 2. The molecule has 1 aliphatic carbocycles. The summed E-state index contributed by atoms with van der Waals surface area (Å²) >= 11 is 0. The first-order valence-electron chi connectivity index (χ1n) is 9.24. The highest BCUT2D eigenvalue weighted by Crippen LogP contribution is 2.26. The van der Waals surface area contributed by atoms with E-state index in [1.807, 2.05) is 4.90 Å². The van der Waals surface area contributed by atoms with Crippen molar-refractivity contribution in [2.24, 2.45) is 17.8 Å². The second-order valence-corrected chi connectivity index (χ2v) is 7.74. The summed E-state index contributed by atoms with van der Waals surface area (Å²) in [7, 11) is 0. The molecule has 0 aromatic rings. The van der Waals surface area contributed by atoms with Gasteiger partial charge in [-0.05, 0) is 50.4 Å². The summed E-state index contributed by atoms with van der Waals surface area (Å²) in [5, 5.41) is 12.1. The van der Waals surface area contributed by atoms with E-state index in [2.05, 4.69) is 19.2 Å². The van der Waals surface area contributed by atoms with Crippen LogP contribution in [0.3, 0.4) is 0 Å². The standard InChI is InChI=1S/C18H32N2O3/c1-13(2)3-4-14-9-11-20(12-10-14)18(23)19-16-7-5-15(6-8-16)17(21)22/h13-16H,3-12H2,1-2H3,(H,19,23)(H,21,22). The molecule has 1 saturated heterocycles. The molecule has 0 spiro atoms. The molecule has 5 nitrogen and oxygen atoms in total. The van der Waals surface area contributed by atoms with Gasteiger partial charge in [-0.25, -0.2) is 4.79 Å². The summed E-state index contributed by atoms with van der Waals surface area (Å²) in [5.74, 6) is 0.614. The minimum absolute atomic E-state index is 0.0473. The van der Waals surface area contributed by atoms with Gasteiger partial charge in [0.2, 0.25) is 0 Å². The van der Waals surface area contributed by atoms with E-state index in [-0.39, 0.29) is 18.0 Å². The van der Waals surface area contributed by atoms with Crippen LogP contribution < -0.4 is 5.32 Å². The van der Waals surface area contributed by atoms with E-state index in [1.165, 1.54) is 12.8 Å². The van der Waals surface area contributed by atoms with E-state index >= 15 is 0 Å². The first-order valence-corrected chi connectivity index (χ1v) is 9.24. The molecule has 0 aromatic carbocycles. The van der Waals surface area contributed by atoms with Crippen molar-refractivity contribution >= 4 is 12.0 Å². The number of likely N-dealkylation sites (tertiary alicyclic amines) is 1. The van der Waals surface area contributed by atoms with Crippen molar-refractivity contribution in [3.8, 4) is 0 Å². The molecule has 1 aliphatic heterocycles. The molecule has 2 N–H and O–H groups in total. The first-order chi connectivity index (χ1) is 11.0. The Morgan fingerprint density at radius 3 is 2.22 bits per heavy atom. The van der Waals surface area contributed by atoms with E-state index < -0.39 is 5.97 Å². The monoisotopic (exact) mass is 324 g/mol. The van der Waals surface area contributed by atoms with Crippen LogP contribution in [-0.4, -0.2) is 41.1 Å². The second kappa shape index (κ2) is 8.55. The SMILES string of the molecule is CC(C)CCC1CCN(C(=O)NC2CCC(C(=O)O)CC2)CC1. The summed E-state index contributed by atoms with van der Waals surface area (Å²) in [5.41, 5.74) is 0. The van der Waals surface area contributed by atoms with E-state index in [0.717, 1.165) is 50.6 Å². The minimum atomic E-state index is -0.696. The lowest BCUT2D eigenvalue weighted by atomic mass is 9.86. The zero-order chi connectivity index (χ0) is 16.8. The first kappa shape index (κ1) is 18.1. The lowest BCUT2D eigenvalue weighted by molar-refractivity contribution is -0.142. The number of carboxylic acid groups (broad SMARTS) is 1. The second-order valence-electron chi connectivity index (χ2n) is 7.74. The summed E-state index contributed by atoms with van der Waals surface area (Å²) in [6.07, 6.45) is 7.73. The molecule has 2 amide bonds. The number of urea groups is 1. The third-order valence-corrected chi connectivity index (χ3v) is 5.46. The predicted octanol–water partition coefficient (Wildman–Crippen LogP) is 3.49. The van der Waals surface area contributed by atoms with Crippen LogP contribution in [0, 0.1) is 17.8 Å². The van der Waals surface area contributed by atoms with Crippen LogP contribution >= 0.6 is 0 Å². The van der Waals surface area contributed by atoms with Crippen molar-refractivity contribution < 1.29 is 14.7 Å². The van der Waals surface area contributed by atoms with Gasteiger partial charge in [0.05, 0.1) is 5.92 Å². The molecule has 1 saturated carbocycles. The van der Waals surface area contributed by atoms with Gasteiger partial charge in [-0.2, -0.15) is 0 Å². The van der Waals surface area contributed by atoms with Gasteiger partial charge in [-0.15, -0.1) is 0 Å². The number of amides is 2. The predicted molar refractivity (Wildman–Crippen MR) is 90.3 cm³/mol. The number of rotatable bonds is 5. The zero-order valence-electron chi connectivity index (χ0n) is 14.6. The lowest BCUT2D eigenvalue weighted by Crippen LogP contribution is -2.48. The Morgan fingerprint density at radius 2 is 1.70 bits per heavy atom. The fraction of sp³-hybridized carbons (Fsp3) is 0.889. The summed E-state index contributed by atoms with van der Waals surface area (Å²) < 4.78 is 0. The van der Waals surface area contributed by atoms with Crippen molar-refractivity contribution in [2.75, 3.05) is 13.1 Å². The largest absolute Gasteiger partial charge is 0.481 e. The van der Waals surface area contributed by atoms with Crippen LogP contribution in [0.2, 0.25) is 0 Å². The average Bonchev–Trinajstić information content (AvgIpc) is 2.54. The number of nitrogens with zero attached hydrogens (tertiary/aromatic N) is 1. The topological polar surface area (TPSA) is 69.6 Å². The normalized spacial score (nSPS) is 26.3. The van der Waals surface area contributed by atoms with Crippen molar-refractivity contribution in [1.29, 1.82) is 0 Å². The maximum atomic E-state index is 12.4. The molecule has 0 bridgehead atoms. The highest BCUT2D eigenvalue weighted by atomic mass is 16.4. The molecule has 5 heteroatoms. The Balaban J connectivity index is 1.66. The van der Waals surface area contributed by atoms with Crippen LogP contribution in [0.5, 0.6) is 0 Å². The fourth-order valence-electron chi connectivity index (χ4n) is 3.74. The average molecular weight is 324 g/mol. The highest BCUT2D eigenvalue weighted by molar-refractivity contribution is 5.74. The molecule has 0 unspecified atom stereocenters. The molecular formula is C18H32N2O3. The van der Waals surface area contributed by atoms with Crippen LogP contribution in [0.4, 0.5) is 4.79 Å². The van der Waals surface area contributed by atoms with E-state index in [1.54, 1.807) is 0 Å². The van der Waals surface area contributed by atoms with Gasteiger partial charge < -0.3 is 15.3 Å². The summed E-state index contributed by atoms with van der Waals surface area (Å²) in [6, 6.07) is 0.197. The Morgan fingerprint density at radius 1 is 1.09 bits per heavy atom. The maximum Gasteiger partial charge on any atom is 0.317 e. The number of nitrogens with one attached hydrogen (secondary N) is 1. The molecule has 0 atom stereocenters. The van der Waals surface area contributed by atoms with Crippen LogP contribution in [0.15, 0.2) is 0 Å². The number of aliphatic carboxylic acids is 1. The molecule has 0 aromatic heterocycles. The van der Waals surface area contributed by atoms with Crippen molar-refractivity contribution in [3.05, 3.63) is 0 Å². The Bertz CT molecular complexity index is 395. The number of carboxylic acids is 1. The number of piperidine rings is 1. The summed E-state index contributed by atoms with van der Waals surface area (Å²) in [4.78, 5) is 25.3. The van der Waals surface area contributed by atoms with Gasteiger partial charge >= 0.3 is 12.0 Å². The van der Waals surface area contributed by atoms with Gasteiger partial charge in [0.1, 0.15) is 0 Å². The number of hydrogen-bond donors (Lipinski definition) is 2. The van der Waals surface area contributed by atoms with Crippen LogP contribution in [0.25, 0.3) is 0 Å². The molecule has 132 valence electrons. The zero-order valence-corrected chi connectivity index (χ0v) is 14.6. The molecule has 1 heterocycles. The molecule has 2 fully saturated rings. The smallest absolute Gasteiger partial charge is 0.317 e. The molecule has 2 aliphatic rings. The van der Waals surface area contributed by atoms with Gasteiger partial charge in [-0.3, -0.25) is 4.79 Å². The molecule has 2 rings (SSSR count). The third-order valence-electron chi connectivity index (χ3n) is 5.46. The van der Waals surface area contributed by atoms with Gasteiger partial charge in [0, 0.05) is 19.1 Å². The minimum Gasteiger partial charge on any atom is -0.481 e. The van der Waals surface area contributed by atoms with Gasteiger partial charge in [0.25, 0.3) is 0 Å². The van der Waals surface area contributed by atoms with E-state index in [9.17, 15) is 9.59 Å². The van der Waals surface area contributed by atoms with Crippen LogP contribution in [0.1, 0.15) is 65.2 Å². The number of carbonyl (C=O) groups excluding carboxylic acids is 1. The Kier molecular flexibility index (Phi) is 6.72. The van der Waals surface area contributed by atoms with Crippen molar-refractivity contribution in [1.82, 2.24) is 10.2 Å². The van der Waals surface area contributed by atoms with E-state index in [4.69, 9.17) is 5.11 Å². The van der Waals surface area contributed by atoms with Gasteiger partial charge in [-0.1, -0.05) is 26.7 Å². The van der Waals surface area contributed by atoms with Crippen LogP contribution in [-0.2, 0) is 4.79 Å². The van der Waals surface area contributed by atoms with Crippen molar-refractivity contribution in [3.63, 3.8) is 0 Å².